The highest BCUT2D eigenvalue weighted by Gasteiger charge is 2.38. The van der Waals surface area contributed by atoms with Crippen LogP contribution in [-0.4, -0.2) is 47.4 Å². The second-order valence-corrected chi connectivity index (χ2v) is 3.89. The molecule has 0 saturated carbocycles. The molecule has 0 aromatic carbocycles. The van der Waals surface area contributed by atoms with Crippen molar-refractivity contribution in [3.8, 4) is 0 Å². The van der Waals surface area contributed by atoms with Gasteiger partial charge in [-0.05, 0) is 19.2 Å². The van der Waals surface area contributed by atoms with E-state index in [1.165, 1.54) is 11.9 Å². The first-order chi connectivity index (χ1) is 7.89. The molecule has 1 rings (SSSR count). The quantitative estimate of drug-likeness (QED) is 0.857. The third-order valence-corrected chi connectivity index (χ3v) is 2.34. The maximum atomic E-state index is 12.1. The summed E-state index contributed by atoms with van der Waals surface area (Å²) in [7, 11) is 1.54. The summed E-state index contributed by atoms with van der Waals surface area (Å²) in [5.41, 5.74) is 0.820. The lowest BCUT2D eigenvalue weighted by molar-refractivity contribution is -0.207. The summed E-state index contributed by atoms with van der Waals surface area (Å²) in [6.45, 7) is 0.000483. The van der Waals surface area contributed by atoms with E-state index in [4.69, 9.17) is 5.11 Å². The number of hydrogen-bond donors (Lipinski definition) is 1. The van der Waals surface area contributed by atoms with E-state index in [1.54, 1.807) is 12.3 Å². The van der Waals surface area contributed by atoms with Gasteiger partial charge in [-0.15, -0.1) is 0 Å². The molecule has 6 heteroatoms. The molecule has 0 spiro atoms. The second kappa shape index (κ2) is 5.97. The van der Waals surface area contributed by atoms with Crippen LogP contribution in [-0.2, 0) is 6.42 Å². The molecular weight excluding hydrogens is 233 g/mol. The molecular formula is C11H15F3N2O. The van der Waals surface area contributed by atoms with Gasteiger partial charge in [0, 0.05) is 31.4 Å². The molecule has 0 aliphatic heterocycles. The van der Waals surface area contributed by atoms with Crippen LogP contribution in [0.3, 0.4) is 0 Å². The van der Waals surface area contributed by atoms with Crippen molar-refractivity contribution in [1.82, 2.24) is 9.88 Å². The Morgan fingerprint density at radius 3 is 2.65 bits per heavy atom. The minimum absolute atomic E-state index is 0.420. The predicted molar refractivity (Wildman–Crippen MR) is 57.5 cm³/mol. The number of nitrogens with zero attached hydrogens (tertiary/aromatic N) is 2. The third-order valence-electron chi connectivity index (χ3n) is 2.34. The monoisotopic (exact) mass is 248 g/mol. The van der Waals surface area contributed by atoms with Crippen LogP contribution in [0.5, 0.6) is 0 Å². The molecule has 0 aliphatic rings. The number of alkyl halides is 3. The van der Waals surface area contributed by atoms with Gasteiger partial charge in [-0.25, -0.2) is 0 Å². The van der Waals surface area contributed by atoms with Crippen molar-refractivity contribution >= 4 is 0 Å². The Kier molecular flexibility index (Phi) is 4.89. The van der Waals surface area contributed by atoms with Gasteiger partial charge >= 0.3 is 6.18 Å². The molecule has 0 amide bonds. The molecule has 1 heterocycles. The van der Waals surface area contributed by atoms with Crippen LogP contribution in [0.15, 0.2) is 24.4 Å². The standard InChI is InChI=1S/C11H15F3N2O/c1-16(8-10(17)11(12,13)14)7-5-9-4-2-3-6-15-9/h2-4,6,10,17H,5,7-8H2,1H3. The Bertz CT molecular complexity index is 329. The zero-order valence-corrected chi connectivity index (χ0v) is 9.48. The summed E-state index contributed by atoms with van der Waals surface area (Å²) in [6, 6.07) is 5.42. The lowest BCUT2D eigenvalue weighted by atomic mass is 10.2. The van der Waals surface area contributed by atoms with Gasteiger partial charge in [-0.3, -0.25) is 4.98 Å². The predicted octanol–water partition coefficient (Wildman–Crippen LogP) is 1.48. The molecule has 0 aliphatic carbocycles. The maximum Gasteiger partial charge on any atom is 0.415 e. The van der Waals surface area contributed by atoms with Crippen molar-refractivity contribution in [2.45, 2.75) is 18.7 Å². The van der Waals surface area contributed by atoms with E-state index in [2.05, 4.69) is 4.98 Å². The van der Waals surface area contributed by atoms with E-state index in [9.17, 15) is 13.2 Å². The highest BCUT2D eigenvalue weighted by atomic mass is 19.4. The van der Waals surface area contributed by atoms with E-state index in [1.807, 2.05) is 12.1 Å². The van der Waals surface area contributed by atoms with Crippen LogP contribution in [0.25, 0.3) is 0 Å². The fourth-order valence-electron chi connectivity index (χ4n) is 1.34. The number of aliphatic hydroxyl groups is 1. The minimum atomic E-state index is -4.56. The molecule has 1 aromatic heterocycles. The first-order valence-electron chi connectivity index (χ1n) is 5.23. The van der Waals surface area contributed by atoms with Crippen LogP contribution >= 0.6 is 0 Å². The van der Waals surface area contributed by atoms with Crippen molar-refractivity contribution in [3.05, 3.63) is 30.1 Å². The minimum Gasteiger partial charge on any atom is -0.382 e. The smallest absolute Gasteiger partial charge is 0.382 e. The first-order valence-corrected chi connectivity index (χ1v) is 5.23. The van der Waals surface area contributed by atoms with E-state index >= 15 is 0 Å². The molecule has 1 N–H and O–H groups in total. The fourth-order valence-corrected chi connectivity index (χ4v) is 1.34. The van der Waals surface area contributed by atoms with Gasteiger partial charge < -0.3 is 10.0 Å². The summed E-state index contributed by atoms with van der Waals surface area (Å²) in [5.74, 6) is 0. The van der Waals surface area contributed by atoms with E-state index < -0.39 is 18.8 Å². The van der Waals surface area contributed by atoms with E-state index in [0.29, 0.717) is 13.0 Å². The summed E-state index contributed by atoms with van der Waals surface area (Å²) in [6.07, 6.45) is -4.66. The van der Waals surface area contributed by atoms with Crippen molar-refractivity contribution in [2.24, 2.45) is 0 Å². The van der Waals surface area contributed by atoms with Gasteiger partial charge in [-0.2, -0.15) is 13.2 Å². The number of rotatable bonds is 5. The number of hydrogen-bond acceptors (Lipinski definition) is 3. The van der Waals surface area contributed by atoms with Crippen LogP contribution < -0.4 is 0 Å². The van der Waals surface area contributed by atoms with Gasteiger partial charge in [0.25, 0.3) is 0 Å². The number of pyridine rings is 1. The SMILES string of the molecule is CN(CCc1ccccn1)CC(O)C(F)(F)F. The average Bonchev–Trinajstić information content (AvgIpc) is 2.26. The molecule has 1 aromatic rings. The summed E-state index contributed by atoms with van der Waals surface area (Å²) < 4.78 is 36.3. The lowest BCUT2D eigenvalue weighted by Gasteiger charge is -2.21. The topological polar surface area (TPSA) is 36.4 Å². The largest absolute Gasteiger partial charge is 0.415 e. The maximum absolute atomic E-state index is 12.1. The zero-order valence-electron chi connectivity index (χ0n) is 9.48. The van der Waals surface area contributed by atoms with Crippen molar-refractivity contribution in [1.29, 1.82) is 0 Å². The molecule has 1 atom stereocenters. The zero-order chi connectivity index (χ0) is 12.9. The highest BCUT2D eigenvalue weighted by molar-refractivity contribution is 5.03. The van der Waals surface area contributed by atoms with Gasteiger partial charge in [0.1, 0.15) is 0 Å². The van der Waals surface area contributed by atoms with Crippen molar-refractivity contribution in [3.63, 3.8) is 0 Å². The van der Waals surface area contributed by atoms with E-state index in [-0.39, 0.29) is 0 Å². The van der Waals surface area contributed by atoms with Crippen LogP contribution in [0.1, 0.15) is 5.69 Å². The van der Waals surface area contributed by atoms with Crippen LogP contribution in [0, 0.1) is 0 Å². The van der Waals surface area contributed by atoms with Crippen molar-refractivity contribution < 1.29 is 18.3 Å². The van der Waals surface area contributed by atoms with Gasteiger partial charge in [-0.1, -0.05) is 6.07 Å². The summed E-state index contributed by atoms with van der Waals surface area (Å²) in [5, 5.41) is 8.87. The summed E-state index contributed by atoms with van der Waals surface area (Å²) >= 11 is 0. The Morgan fingerprint density at radius 1 is 1.41 bits per heavy atom. The molecule has 17 heavy (non-hydrogen) atoms. The Morgan fingerprint density at radius 2 is 2.12 bits per heavy atom. The van der Waals surface area contributed by atoms with Crippen LogP contribution in [0.2, 0.25) is 0 Å². The first kappa shape index (κ1) is 13.9. The molecule has 1 unspecified atom stereocenters. The average molecular weight is 248 g/mol. The fraction of sp³-hybridized carbons (Fsp3) is 0.545. The Balaban J connectivity index is 2.33. The lowest BCUT2D eigenvalue weighted by Crippen LogP contribution is -2.40. The van der Waals surface area contributed by atoms with Gasteiger partial charge in [0.05, 0.1) is 0 Å². The molecule has 3 nitrogen and oxygen atoms in total. The molecule has 96 valence electrons. The van der Waals surface area contributed by atoms with Gasteiger partial charge in [0.15, 0.2) is 6.10 Å². The number of aliphatic hydroxyl groups excluding tert-OH is 1. The molecule has 0 bridgehead atoms. The van der Waals surface area contributed by atoms with Crippen molar-refractivity contribution in [2.75, 3.05) is 20.1 Å². The second-order valence-electron chi connectivity index (χ2n) is 3.89. The third kappa shape index (κ3) is 5.14. The number of aromatic nitrogens is 1. The normalized spacial score (nSPS) is 14.0. The van der Waals surface area contributed by atoms with Gasteiger partial charge in [0.2, 0.25) is 0 Å². The summed E-state index contributed by atoms with van der Waals surface area (Å²) in [4.78, 5) is 5.50. The number of halogens is 3. The Hall–Kier alpha value is -1.14. The molecule has 0 saturated heterocycles. The van der Waals surface area contributed by atoms with E-state index in [0.717, 1.165) is 5.69 Å². The highest BCUT2D eigenvalue weighted by Crippen LogP contribution is 2.20. The number of likely N-dealkylation sites (N-methyl/N-ethyl adjacent to an activating group) is 1. The molecule has 0 fully saturated rings. The Labute approximate surface area is 97.9 Å². The van der Waals surface area contributed by atoms with Crippen LogP contribution in [0.4, 0.5) is 13.2 Å². The molecule has 0 radical (unpaired) electrons.